The van der Waals surface area contributed by atoms with Gasteiger partial charge in [-0.05, 0) is 24.8 Å². The second-order valence-corrected chi connectivity index (χ2v) is 7.71. The number of benzene rings is 1. The molecule has 0 spiro atoms. The lowest BCUT2D eigenvalue weighted by Crippen LogP contribution is -2.39. The van der Waals surface area contributed by atoms with Crippen LogP contribution >= 0.6 is 0 Å². The summed E-state index contributed by atoms with van der Waals surface area (Å²) in [6, 6.07) is 6.77. The number of nitrogens with one attached hydrogen (secondary N) is 1. The highest BCUT2D eigenvalue weighted by molar-refractivity contribution is 7.91. The van der Waals surface area contributed by atoms with Crippen LogP contribution in [0.2, 0.25) is 0 Å². The van der Waals surface area contributed by atoms with E-state index in [-0.39, 0.29) is 29.3 Å². The molecular weight excluding hydrogens is 292 g/mol. The highest BCUT2D eigenvalue weighted by Gasteiger charge is 2.25. The number of hydrogen-bond donors (Lipinski definition) is 1. The van der Waals surface area contributed by atoms with Gasteiger partial charge in [-0.1, -0.05) is 19.1 Å². The SMILES string of the molecule is CCC(NC1CCS(=O)(=O)CC1)c1cccc([N+](=O)[O-])c1. The molecule has 0 radical (unpaired) electrons. The lowest BCUT2D eigenvalue weighted by Gasteiger charge is -2.28. The molecule has 1 aliphatic rings. The molecule has 7 heteroatoms. The molecule has 1 unspecified atom stereocenters. The summed E-state index contributed by atoms with van der Waals surface area (Å²) < 4.78 is 22.9. The van der Waals surface area contributed by atoms with Crippen LogP contribution in [-0.4, -0.2) is 30.9 Å². The standard InChI is InChI=1S/C14H20N2O4S/c1-2-14(11-4-3-5-13(10-11)16(17)18)15-12-6-8-21(19,20)9-7-12/h3-5,10,12,14-15H,2,6-9H2,1H3. The van der Waals surface area contributed by atoms with Crippen LogP contribution in [0.25, 0.3) is 0 Å². The summed E-state index contributed by atoms with van der Waals surface area (Å²) in [6.07, 6.45) is 2.01. The van der Waals surface area contributed by atoms with Crippen LogP contribution in [-0.2, 0) is 9.84 Å². The molecule has 1 fully saturated rings. The third kappa shape index (κ3) is 4.25. The average Bonchev–Trinajstić information content (AvgIpc) is 2.46. The summed E-state index contributed by atoms with van der Waals surface area (Å²) in [6.45, 7) is 2.01. The topological polar surface area (TPSA) is 89.3 Å². The molecule has 2 rings (SSSR count). The third-order valence-corrected chi connectivity index (χ3v) is 5.60. The predicted octanol–water partition coefficient (Wildman–Crippen LogP) is 2.21. The Hall–Kier alpha value is -1.47. The summed E-state index contributed by atoms with van der Waals surface area (Å²) in [7, 11) is -2.87. The maximum Gasteiger partial charge on any atom is 0.269 e. The van der Waals surface area contributed by atoms with E-state index in [1.807, 2.05) is 13.0 Å². The monoisotopic (exact) mass is 312 g/mol. The van der Waals surface area contributed by atoms with Crippen LogP contribution in [0.5, 0.6) is 0 Å². The van der Waals surface area contributed by atoms with Gasteiger partial charge in [-0.3, -0.25) is 10.1 Å². The number of nitro groups is 1. The van der Waals surface area contributed by atoms with Crippen LogP contribution in [0, 0.1) is 10.1 Å². The predicted molar refractivity (Wildman–Crippen MR) is 80.9 cm³/mol. The Morgan fingerprint density at radius 1 is 1.38 bits per heavy atom. The van der Waals surface area contributed by atoms with Crippen molar-refractivity contribution in [2.45, 2.75) is 38.3 Å². The summed E-state index contributed by atoms with van der Waals surface area (Å²) in [5.41, 5.74) is 0.958. The van der Waals surface area contributed by atoms with E-state index in [1.165, 1.54) is 6.07 Å². The second-order valence-electron chi connectivity index (χ2n) is 5.41. The molecule has 0 bridgehead atoms. The summed E-state index contributed by atoms with van der Waals surface area (Å²) in [4.78, 5) is 10.4. The molecule has 21 heavy (non-hydrogen) atoms. The normalized spacial score (nSPS) is 20.0. The molecule has 6 nitrogen and oxygen atoms in total. The van der Waals surface area contributed by atoms with Gasteiger partial charge < -0.3 is 5.32 Å². The largest absolute Gasteiger partial charge is 0.307 e. The Kier molecular flexibility index (Phi) is 4.95. The first kappa shape index (κ1) is 15.9. The highest BCUT2D eigenvalue weighted by Crippen LogP contribution is 2.24. The Morgan fingerprint density at radius 2 is 2.05 bits per heavy atom. The van der Waals surface area contributed by atoms with Gasteiger partial charge in [-0.25, -0.2) is 8.42 Å². The quantitative estimate of drug-likeness (QED) is 0.665. The zero-order valence-corrected chi connectivity index (χ0v) is 12.8. The van der Waals surface area contributed by atoms with E-state index in [4.69, 9.17) is 0 Å². The van der Waals surface area contributed by atoms with Crippen LogP contribution in [0.15, 0.2) is 24.3 Å². The van der Waals surface area contributed by atoms with Gasteiger partial charge in [0.05, 0.1) is 16.4 Å². The molecule has 1 aromatic carbocycles. The van der Waals surface area contributed by atoms with Gasteiger partial charge in [0.1, 0.15) is 9.84 Å². The van der Waals surface area contributed by atoms with Crippen molar-refractivity contribution < 1.29 is 13.3 Å². The number of sulfone groups is 1. The Labute approximate surface area is 124 Å². The first-order valence-corrected chi connectivity index (χ1v) is 8.94. The molecule has 0 saturated carbocycles. The molecule has 1 saturated heterocycles. The van der Waals surface area contributed by atoms with E-state index >= 15 is 0 Å². The lowest BCUT2D eigenvalue weighted by atomic mass is 10.0. The molecule has 0 aromatic heterocycles. The van der Waals surface area contributed by atoms with E-state index in [0.717, 1.165) is 12.0 Å². The first-order valence-electron chi connectivity index (χ1n) is 7.12. The van der Waals surface area contributed by atoms with E-state index in [0.29, 0.717) is 12.8 Å². The molecule has 0 amide bonds. The minimum atomic E-state index is -2.87. The van der Waals surface area contributed by atoms with Crippen LogP contribution in [0.4, 0.5) is 5.69 Å². The molecule has 1 N–H and O–H groups in total. The van der Waals surface area contributed by atoms with Gasteiger partial charge in [0.2, 0.25) is 0 Å². The minimum absolute atomic E-state index is 0.00991. The molecule has 1 aliphatic heterocycles. The average molecular weight is 312 g/mol. The van der Waals surface area contributed by atoms with Crippen molar-refractivity contribution in [1.82, 2.24) is 5.32 Å². The van der Waals surface area contributed by atoms with Crippen molar-refractivity contribution in [2.24, 2.45) is 0 Å². The molecule has 0 aliphatic carbocycles. The third-order valence-electron chi connectivity index (χ3n) is 3.88. The lowest BCUT2D eigenvalue weighted by molar-refractivity contribution is -0.384. The van der Waals surface area contributed by atoms with E-state index in [2.05, 4.69) is 5.32 Å². The van der Waals surface area contributed by atoms with Gasteiger partial charge in [0, 0.05) is 24.2 Å². The van der Waals surface area contributed by atoms with Gasteiger partial charge in [-0.2, -0.15) is 0 Å². The molecule has 1 atom stereocenters. The smallest absolute Gasteiger partial charge is 0.269 e. The van der Waals surface area contributed by atoms with Crippen molar-refractivity contribution in [3.05, 3.63) is 39.9 Å². The summed E-state index contributed by atoms with van der Waals surface area (Å²) in [5, 5.41) is 14.3. The van der Waals surface area contributed by atoms with Crippen molar-refractivity contribution in [3.63, 3.8) is 0 Å². The Bertz CT molecular complexity index is 601. The second kappa shape index (κ2) is 6.53. The van der Waals surface area contributed by atoms with E-state index < -0.39 is 14.8 Å². The number of rotatable bonds is 5. The van der Waals surface area contributed by atoms with E-state index in [9.17, 15) is 18.5 Å². The first-order chi connectivity index (χ1) is 9.91. The highest BCUT2D eigenvalue weighted by atomic mass is 32.2. The van der Waals surface area contributed by atoms with Gasteiger partial charge in [0.25, 0.3) is 5.69 Å². The summed E-state index contributed by atoms with van der Waals surface area (Å²) >= 11 is 0. The fourth-order valence-corrected chi connectivity index (χ4v) is 4.14. The number of hydrogen-bond acceptors (Lipinski definition) is 5. The van der Waals surface area contributed by atoms with Gasteiger partial charge in [-0.15, -0.1) is 0 Å². The van der Waals surface area contributed by atoms with E-state index in [1.54, 1.807) is 12.1 Å². The van der Waals surface area contributed by atoms with Crippen molar-refractivity contribution in [3.8, 4) is 0 Å². The fraction of sp³-hybridized carbons (Fsp3) is 0.571. The van der Waals surface area contributed by atoms with Crippen LogP contribution in [0.3, 0.4) is 0 Å². The number of nitrogens with zero attached hydrogens (tertiary/aromatic N) is 1. The molecular formula is C14H20N2O4S. The van der Waals surface area contributed by atoms with Gasteiger partial charge in [0.15, 0.2) is 0 Å². The maximum atomic E-state index is 11.4. The molecule has 1 aromatic rings. The van der Waals surface area contributed by atoms with Gasteiger partial charge >= 0.3 is 0 Å². The number of nitro benzene ring substituents is 1. The zero-order valence-electron chi connectivity index (χ0n) is 12.0. The van der Waals surface area contributed by atoms with Crippen molar-refractivity contribution >= 4 is 15.5 Å². The maximum absolute atomic E-state index is 11.4. The minimum Gasteiger partial charge on any atom is -0.307 e. The Morgan fingerprint density at radius 3 is 2.62 bits per heavy atom. The number of non-ortho nitro benzene ring substituents is 1. The van der Waals surface area contributed by atoms with Crippen LogP contribution in [0.1, 0.15) is 37.8 Å². The fourth-order valence-electron chi connectivity index (χ4n) is 2.65. The van der Waals surface area contributed by atoms with Crippen molar-refractivity contribution in [2.75, 3.05) is 11.5 Å². The Balaban J connectivity index is 2.06. The molecule has 116 valence electrons. The summed E-state index contributed by atoms with van der Waals surface area (Å²) in [5.74, 6) is 0.437. The van der Waals surface area contributed by atoms with Crippen LogP contribution < -0.4 is 5.32 Å². The van der Waals surface area contributed by atoms with Crippen molar-refractivity contribution in [1.29, 1.82) is 0 Å². The molecule has 1 heterocycles. The zero-order chi connectivity index (χ0) is 15.5.